The standard InChI is InChI=1S/C21H20BrN7O/c1-13(19-24-8-3-9-25-19)29(12-16-6-5-15(22)11-26-16)20(30)14-4-7-18-17(10-14)27-21(23)28(18)2/h3-11,13H,12H2,1-2H3,(H2,23,27)/t13-/m0/s1. The third kappa shape index (κ3) is 3.88. The predicted octanol–water partition coefficient (Wildman–Crippen LogP) is 3.51. The van der Waals surface area contributed by atoms with Crippen molar-refractivity contribution in [3.8, 4) is 0 Å². The molecule has 0 aliphatic heterocycles. The summed E-state index contributed by atoms with van der Waals surface area (Å²) in [5.74, 6) is 0.800. The van der Waals surface area contributed by atoms with Crippen molar-refractivity contribution in [2.24, 2.45) is 7.05 Å². The van der Waals surface area contributed by atoms with Crippen molar-refractivity contribution >= 4 is 38.8 Å². The van der Waals surface area contributed by atoms with Gasteiger partial charge in [-0.05, 0) is 59.3 Å². The van der Waals surface area contributed by atoms with Crippen LogP contribution in [0.15, 0.2) is 59.5 Å². The summed E-state index contributed by atoms with van der Waals surface area (Å²) < 4.78 is 2.66. The Hall–Kier alpha value is -3.33. The van der Waals surface area contributed by atoms with Crippen molar-refractivity contribution in [3.05, 3.63) is 76.5 Å². The molecule has 0 radical (unpaired) electrons. The third-order valence-electron chi connectivity index (χ3n) is 4.97. The number of amides is 1. The largest absolute Gasteiger partial charge is 0.369 e. The molecule has 0 fully saturated rings. The molecule has 2 N–H and O–H groups in total. The van der Waals surface area contributed by atoms with E-state index >= 15 is 0 Å². The molecule has 0 unspecified atom stereocenters. The number of nitrogens with zero attached hydrogens (tertiary/aromatic N) is 6. The highest BCUT2D eigenvalue weighted by Crippen LogP contribution is 2.24. The maximum absolute atomic E-state index is 13.5. The number of nitrogens with two attached hydrogens (primary N) is 1. The molecular formula is C21H20BrN7O. The fourth-order valence-corrected chi connectivity index (χ4v) is 3.48. The van der Waals surface area contributed by atoms with Crippen LogP contribution in [-0.2, 0) is 13.6 Å². The van der Waals surface area contributed by atoms with Gasteiger partial charge < -0.3 is 15.2 Å². The van der Waals surface area contributed by atoms with Gasteiger partial charge >= 0.3 is 0 Å². The second kappa shape index (κ2) is 8.19. The van der Waals surface area contributed by atoms with Crippen molar-refractivity contribution in [1.29, 1.82) is 0 Å². The number of imidazole rings is 1. The number of aryl methyl sites for hydroxylation is 1. The van der Waals surface area contributed by atoms with Crippen molar-refractivity contribution in [2.45, 2.75) is 19.5 Å². The van der Waals surface area contributed by atoms with Gasteiger partial charge in [-0.2, -0.15) is 0 Å². The Morgan fingerprint density at radius 1 is 1.20 bits per heavy atom. The van der Waals surface area contributed by atoms with Crippen LogP contribution >= 0.6 is 15.9 Å². The van der Waals surface area contributed by atoms with Gasteiger partial charge in [0.15, 0.2) is 0 Å². The molecular weight excluding hydrogens is 446 g/mol. The molecule has 0 spiro atoms. The number of rotatable bonds is 5. The Morgan fingerprint density at radius 2 is 1.97 bits per heavy atom. The van der Waals surface area contributed by atoms with Gasteiger partial charge in [0.05, 0.1) is 29.3 Å². The number of anilines is 1. The Bertz CT molecular complexity index is 1190. The molecule has 9 heteroatoms. The number of aromatic nitrogens is 5. The molecule has 1 atom stereocenters. The SMILES string of the molecule is C[C@@H](c1ncccn1)N(Cc1ccc(Br)cn1)C(=O)c1ccc2c(c1)nc(N)n2C. The molecule has 3 heterocycles. The van der Waals surface area contributed by atoms with E-state index in [2.05, 4.69) is 35.9 Å². The molecule has 0 aliphatic carbocycles. The first-order valence-corrected chi connectivity index (χ1v) is 10.1. The number of carbonyl (C=O) groups is 1. The van der Waals surface area contributed by atoms with Crippen molar-refractivity contribution in [1.82, 2.24) is 29.4 Å². The highest BCUT2D eigenvalue weighted by Gasteiger charge is 2.26. The summed E-state index contributed by atoms with van der Waals surface area (Å²) in [4.78, 5) is 32.7. The van der Waals surface area contributed by atoms with Crippen LogP contribution in [0.4, 0.5) is 5.95 Å². The normalized spacial score (nSPS) is 12.1. The number of hydrogen-bond donors (Lipinski definition) is 1. The highest BCUT2D eigenvalue weighted by molar-refractivity contribution is 9.10. The van der Waals surface area contributed by atoms with Crippen LogP contribution < -0.4 is 5.73 Å². The Morgan fingerprint density at radius 3 is 2.67 bits per heavy atom. The molecule has 1 amide bonds. The Balaban J connectivity index is 1.72. The second-order valence-corrected chi connectivity index (χ2v) is 7.83. The summed E-state index contributed by atoms with van der Waals surface area (Å²) in [5.41, 5.74) is 8.72. The molecule has 1 aromatic carbocycles. The topological polar surface area (TPSA) is 103 Å². The zero-order chi connectivity index (χ0) is 21.3. The first-order valence-electron chi connectivity index (χ1n) is 9.34. The minimum absolute atomic E-state index is 0.161. The van der Waals surface area contributed by atoms with E-state index in [0.29, 0.717) is 29.4 Å². The lowest BCUT2D eigenvalue weighted by atomic mass is 10.1. The van der Waals surface area contributed by atoms with Crippen molar-refractivity contribution in [2.75, 3.05) is 5.73 Å². The van der Waals surface area contributed by atoms with Gasteiger partial charge in [0, 0.05) is 35.7 Å². The molecule has 3 aromatic heterocycles. The minimum Gasteiger partial charge on any atom is -0.369 e. The fraction of sp³-hybridized carbons (Fsp3) is 0.190. The van der Waals surface area contributed by atoms with E-state index in [1.807, 2.05) is 32.2 Å². The lowest BCUT2D eigenvalue weighted by molar-refractivity contribution is 0.0663. The number of benzene rings is 1. The van der Waals surface area contributed by atoms with E-state index in [4.69, 9.17) is 5.73 Å². The average molecular weight is 466 g/mol. The van der Waals surface area contributed by atoms with Gasteiger partial charge in [-0.1, -0.05) is 0 Å². The Labute approximate surface area is 181 Å². The van der Waals surface area contributed by atoms with Gasteiger partial charge in [0.1, 0.15) is 5.82 Å². The maximum Gasteiger partial charge on any atom is 0.254 e. The van der Waals surface area contributed by atoms with Crippen LogP contribution in [0.5, 0.6) is 0 Å². The summed E-state index contributed by atoms with van der Waals surface area (Å²) >= 11 is 3.39. The van der Waals surface area contributed by atoms with Crippen LogP contribution in [0.3, 0.4) is 0 Å². The monoisotopic (exact) mass is 465 g/mol. The van der Waals surface area contributed by atoms with Gasteiger partial charge in [-0.3, -0.25) is 9.78 Å². The summed E-state index contributed by atoms with van der Waals surface area (Å²) in [6, 6.07) is 10.6. The molecule has 4 aromatic rings. The predicted molar refractivity (Wildman–Crippen MR) is 117 cm³/mol. The lowest BCUT2D eigenvalue weighted by Crippen LogP contribution is -2.34. The molecule has 30 heavy (non-hydrogen) atoms. The molecule has 0 aliphatic rings. The number of nitrogen functional groups attached to an aromatic ring is 1. The summed E-state index contributed by atoms with van der Waals surface area (Å²) in [6.07, 6.45) is 5.05. The molecule has 8 nitrogen and oxygen atoms in total. The van der Waals surface area contributed by atoms with E-state index in [-0.39, 0.29) is 11.9 Å². The summed E-state index contributed by atoms with van der Waals surface area (Å²) in [7, 11) is 1.84. The number of halogens is 1. The van der Waals surface area contributed by atoms with E-state index < -0.39 is 0 Å². The van der Waals surface area contributed by atoms with Gasteiger partial charge in [0.2, 0.25) is 5.95 Å². The summed E-state index contributed by atoms with van der Waals surface area (Å²) in [6.45, 7) is 2.22. The van der Waals surface area contributed by atoms with Crippen LogP contribution in [0.2, 0.25) is 0 Å². The van der Waals surface area contributed by atoms with E-state index in [1.165, 1.54) is 0 Å². The molecule has 152 valence electrons. The molecule has 0 bridgehead atoms. The van der Waals surface area contributed by atoms with Gasteiger partial charge in [0.25, 0.3) is 5.91 Å². The van der Waals surface area contributed by atoms with E-state index in [0.717, 1.165) is 15.7 Å². The summed E-state index contributed by atoms with van der Waals surface area (Å²) in [5, 5.41) is 0. The van der Waals surface area contributed by atoms with E-state index in [9.17, 15) is 4.79 Å². The number of fused-ring (bicyclic) bond motifs is 1. The third-order valence-corrected chi connectivity index (χ3v) is 5.44. The fourth-order valence-electron chi connectivity index (χ4n) is 3.24. The highest BCUT2D eigenvalue weighted by atomic mass is 79.9. The zero-order valence-electron chi connectivity index (χ0n) is 16.5. The maximum atomic E-state index is 13.5. The first kappa shape index (κ1) is 20.0. The number of hydrogen-bond acceptors (Lipinski definition) is 6. The van der Waals surface area contributed by atoms with Crippen LogP contribution in [-0.4, -0.2) is 35.3 Å². The smallest absolute Gasteiger partial charge is 0.254 e. The van der Waals surface area contributed by atoms with Crippen molar-refractivity contribution in [3.63, 3.8) is 0 Å². The molecule has 4 rings (SSSR count). The van der Waals surface area contributed by atoms with Crippen LogP contribution in [0, 0.1) is 0 Å². The van der Waals surface area contributed by atoms with Crippen LogP contribution in [0.25, 0.3) is 11.0 Å². The second-order valence-electron chi connectivity index (χ2n) is 6.92. The van der Waals surface area contributed by atoms with Crippen LogP contribution in [0.1, 0.15) is 34.8 Å². The van der Waals surface area contributed by atoms with Gasteiger partial charge in [-0.15, -0.1) is 0 Å². The number of pyridine rings is 1. The average Bonchev–Trinajstić information content (AvgIpc) is 3.06. The number of carbonyl (C=O) groups excluding carboxylic acids is 1. The lowest BCUT2D eigenvalue weighted by Gasteiger charge is -2.28. The quantitative estimate of drug-likeness (QED) is 0.483. The Kier molecular flexibility index (Phi) is 5.45. The zero-order valence-corrected chi connectivity index (χ0v) is 18.1. The minimum atomic E-state index is -0.353. The molecule has 0 saturated carbocycles. The first-order chi connectivity index (χ1) is 14.4. The van der Waals surface area contributed by atoms with Crippen molar-refractivity contribution < 1.29 is 4.79 Å². The van der Waals surface area contributed by atoms with Gasteiger partial charge in [-0.25, -0.2) is 15.0 Å². The van der Waals surface area contributed by atoms with E-state index in [1.54, 1.807) is 46.3 Å². The molecule has 0 saturated heterocycles.